The van der Waals surface area contributed by atoms with Gasteiger partial charge in [-0.3, -0.25) is 9.25 Å². The van der Waals surface area contributed by atoms with E-state index in [0.29, 0.717) is 16.6 Å². The smallest absolute Gasteiger partial charge is 0.344 e. The lowest BCUT2D eigenvalue weighted by Crippen LogP contribution is -2.16. The van der Waals surface area contributed by atoms with Gasteiger partial charge in [0.15, 0.2) is 5.16 Å². The summed E-state index contributed by atoms with van der Waals surface area (Å²) in [6.07, 6.45) is 3.30. The van der Waals surface area contributed by atoms with Crippen molar-refractivity contribution in [3.8, 4) is 0 Å². The Bertz CT molecular complexity index is 712. The van der Waals surface area contributed by atoms with Crippen molar-refractivity contribution in [3.05, 3.63) is 27.9 Å². The van der Waals surface area contributed by atoms with Crippen molar-refractivity contribution < 1.29 is 9.90 Å². The number of carbonyl (C=O) groups is 1. The number of nitrogens with one attached hydrogen (secondary N) is 1. The third-order valence-electron chi connectivity index (χ3n) is 3.21. The predicted molar refractivity (Wildman–Crippen MR) is 70.8 cm³/mol. The van der Waals surface area contributed by atoms with Crippen molar-refractivity contribution in [1.29, 1.82) is 0 Å². The molecule has 1 fully saturated rings. The SMILES string of the molecule is Cn1ncc(C(=O)O)c1CSc1n[nH]c(=O)n1C1CC1. The number of nitrogens with zero attached hydrogens (tertiary/aromatic N) is 4. The standard InChI is InChI=1S/C11H13N5O3S/c1-15-8(7(4-12-15)9(17)18)5-20-11-14-13-10(19)16(11)6-2-3-6/h4,6H,2-3,5H2,1H3,(H,13,19)(H,17,18). The summed E-state index contributed by atoms with van der Waals surface area (Å²) in [6.45, 7) is 0. The number of aryl methyl sites for hydroxylation is 1. The molecule has 0 amide bonds. The molecule has 1 saturated carbocycles. The van der Waals surface area contributed by atoms with Crippen LogP contribution < -0.4 is 5.69 Å². The second kappa shape index (κ2) is 4.82. The molecule has 0 aliphatic heterocycles. The first-order valence-electron chi connectivity index (χ1n) is 6.12. The topological polar surface area (TPSA) is 106 Å². The van der Waals surface area contributed by atoms with Crippen molar-refractivity contribution >= 4 is 17.7 Å². The van der Waals surface area contributed by atoms with Crippen molar-refractivity contribution in [2.75, 3.05) is 0 Å². The molecule has 0 bridgehead atoms. The monoisotopic (exact) mass is 295 g/mol. The molecule has 106 valence electrons. The van der Waals surface area contributed by atoms with Gasteiger partial charge in [-0.1, -0.05) is 11.8 Å². The van der Waals surface area contributed by atoms with Gasteiger partial charge in [0.05, 0.1) is 11.9 Å². The highest BCUT2D eigenvalue weighted by atomic mass is 32.2. The molecule has 0 aromatic carbocycles. The summed E-state index contributed by atoms with van der Waals surface area (Å²) in [5.41, 5.74) is 0.564. The van der Waals surface area contributed by atoms with Crippen LogP contribution in [-0.4, -0.2) is 35.6 Å². The van der Waals surface area contributed by atoms with Crippen LogP contribution in [0.3, 0.4) is 0 Å². The molecule has 20 heavy (non-hydrogen) atoms. The third kappa shape index (κ3) is 2.24. The normalized spacial score (nSPS) is 14.7. The van der Waals surface area contributed by atoms with Crippen molar-refractivity contribution in [2.45, 2.75) is 29.8 Å². The van der Waals surface area contributed by atoms with Gasteiger partial charge in [0.2, 0.25) is 0 Å². The maximum absolute atomic E-state index is 11.6. The first-order valence-corrected chi connectivity index (χ1v) is 7.10. The molecule has 2 N–H and O–H groups in total. The highest BCUT2D eigenvalue weighted by molar-refractivity contribution is 7.98. The molecule has 8 nitrogen and oxygen atoms in total. The fraction of sp³-hybridized carbons (Fsp3) is 0.455. The first-order chi connectivity index (χ1) is 9.58. The second-order valence-corrected chi connectivity index (χ2v) is 5.58. The minimum atomic E-state index is -1.00. The van der Waals surface area contributed by atoms with E-state index in [2.05, 4.69) is 15.3 Å². The van der Waals surface area contributed by atoms with Gasteiger partial charge in [0.25, 0.3) is 0 Å². The minimum Gasteiger partial charge on any atom is -0.478 e. The number of aromatic nitrogens is 5. The Morgan fingerprint density at radius 1 is 1.60 bits per heavy atom. The summed E-state index contributed by atoms with van der Waals surface area (Å²) in [5, 5.41) is 20.1. The Morgan fingerprint density at radius 3 is 3.00 bits per heavy atom. The molecule has 1 aliphatic carbocycles. The average molecular weight is 295 g/mol. The van der Waals surface area contributed by atoms with Gasteiger partial charge in [0, 0.05) is 18.8 Å². The Labute approximate surface area is 117 Å². The average Bonchev–Trinajstić information content (AvgIpc) is 3.07. The number of aromatic carboxylic acids is 1. The Balaban J connectivity index is 1.82. The van der Waals surface area contributed by atoms with E-state index < -0.39 is 5.97 Å². The molecule has 0 saturated heterocycles. The van der Waals surface area contributed by atoms with Crippen LogP contribution >= 0.6 is 11.8 Å². The Hall–Kier alpha value is -2.03. The molecule has 2 aromatic rings. The zero-order valence-corrected chi connectivity index (χ0v) is 11.6. The quantitative estimate of drug-likeness (QED) is 0.784. The van der Waals surface area contributed by atoms with E-state index in [0.717, 1.165) is 12.8 Å². The van der Waals surface area contributed by atoms with Crippen molar-refractivity contribution in [1.82, 2.24) is 24.5 Å². The van der Waals surface area contributed by atoms with Gasteiger partial charge in [-0.2, -0.15) is 5.10 Å². The molecule has 0 radical (unpaired) electrons. The minimum absolute atomic E-state index is 0.177. The van der Waals surface area contributed by atoms with E-state index in [4.69, 9.17) is 5.11 Å². The number of thioether (sulfide) groups is 1. The predicted octanol–water partition coefficient (Wildman–Crippen LogP) is 0.630. The maximum Gasteiger partial charge on any atom is 0.344 e. The zero-order chi connectivity index (χ0) is 14.3. The molecular weight excluding hydrogens is 282 g/mol. The molecule has 3 rings (SSSR count). The molecule has 0 unspecified atom stereocenters. The van der Waals surface area contributed by atoms with E-state index in [9.17, 15) is 9.59 Å². The summed E-state index contributed by atoms with van der Waals surface area (Å²) in [4.78, 5) is 22.7. The highest BCUT2D eigenvalue weighted by Crippen LogP contribution is 2.36. The maximum atomic E-state index is 11.6. The third-order valence-corrected chi connectivity index (χ3v) is 4.18. The summed E-state index contributed by atoms with van der Waals surface area (Å²) in [7, 11) is 1.70. The molecule has 2 aromatic heterocycles. The highest BCUT2D eigenvalue weighted by Gasteiger charge is 2.28. The van der Waals surface area contributed by atoms with Crippen LogP contribution in [0.1, 0.15) is 34.9 Å². The van der Waals surface area contributed by atoms with Crippen molar-refractivity contribution in [3.63, 3.8) is 0 Å². The first kappa shape index (κ1) is 13.0. The van der Waals surface area contributed by atoms with Crippen LogP contribution in [0.25, 0.3) is 0 Å². The fourth-order valence-corrected chi connectivity index (χ4v) is 3.08. The summed E-state index contributed by atoms with van der Waals surface area (Å²) >= 11 is 1.34. The molecule has 1 aliphatic rings. The number of aromatic amines is 1. The van der Waals surface area contributed by atoms with Crippen LogP contribution in [0.5, 0.6) is 0 Å². The fourth-order valence-electron chi connectivity index (χ4n) is 1.99. The van der Waals surface area contributed by atoms with Crippen LogP contribution in [0.4, 0.5) is 0 Å². The van der Waals surface area contributed by atoms with E-state index in [-0.39, 0.29) is 17.3 Å². The molecule has 2 heterocycles. The number of rotatable bonds is 5. The van der Waals surface area contributed by atoms with Crippen LogP contribution in [-0.2, 0) is 12.8 Å². The number of hydrogen-bond donors (Lipinski definition) is 2. The van der Waals surface area contributed by atoms with E-state index in [1.54, 1.807) is 11.6 Å². The van der Waals surface area contributed by atoms with Gasteiger partial charge in [-0.15, -0.1) is 5.10 Å². The van der Waals surface area contributed by atoms with E-state index >= 15 is 0 Å². The molecule has 0 atom stereocenters. The number of H-pyrrole nitrogens is 1. The van der Waals surface area contributed by atoms with Crippen molar-refractivity contribution in [2.24, 2.45) is 7.05 Å². The lowest BCUT2D eigenvalue weighted by atomic mass is 10.3. The van der Waals surface area contributed by atoms with Gasteiger partial charge in [0.1, 0.15) is 5.56 Å². The van der Waals surface area contributed by atoms with Gasteiger partial charge < -0.3 is 5.11 Å². The summed E-state index contributed by atoms with van der Waals surface area (Å²) < 4.78 is 3.17. The van der Waals surface area contributed by atoms with Gasteiger partial charge in [-0.05, 0) is 12.8 Å². The van der Waals surface area contributed by atoms with Gasteiger partial charge >= 0.3 is 11.7 Å². The lowest BCUT2D eigenvalue weighted by molar-refractivity contribution is 0.0696. The van der Waals surface area contributed by atoms with E-state index in [1.165, 1.54) is 22.6 Å². The van der Waals surface area contributed by atoms with Crippen LogP contribution in [0, 0.1) is 0 Å². The molecular formula is C11H13N5O3S. The number of hydrogen-bond acceptors (Lipinski definition) is 5. The van der Waals surface area contributed by atoms with E-state index in [1.807, 2.05) is 0 Å². The second-order valence-electron chi connectivity index (χ2n) is 4.63. The molecule has 0 spiro atoms. The summed E-state index contributed by atoms with van der Waals surface area (Å²) in [6, 6.07) is 0.231. The van der Waals surface area contributed by atoms with Crippen LogP contribution in [0.2, 0.25) is 0 Å². The number of carboxylic acid groups (broad SMARTS) is 1. The van der Waals surface area contributed by atoms with Crippen LogP contribution in [0.15, 0.2) is 16.1 Å². The summed E-state index contributed by atoms with van der Waals surface area (Å²) in [5.74, 6) is -0.606. The zero-order valence-electron chi connectivity index (χ0n) is 10.7. The lowest BCUT2D eigenvalue weighted by Gasteiger charge is -2.05. The Morgan fingerprint density at radius 2 is 2.35 bits per heavy atom. The Kier molecular flexibility index (Phi) is 3.13. The molecule has 9 heteroatoms. The number of carboxylic acids is 1. The van der Waals surface area contributed by atoms with Gasteiger partial charge in [-0.25, -0.2) is 14.7 Å². The largest absolute Gasteiger partial charge is 0.478 e.